The first-order chi connectivity index (χ1) is 7.86. The van der Waals surface area contributed by atoms with E-state index in [-0.39, 0.29) is 11.3 Å². The normalized spacial score (nSPS) is 12.9. The van der Waals surface area contributed by atoms with E-state index in [2.05, 4.69) is 5.92 Å². The molecule has 1 atom stereocenters. The van der Waals surface area contributed by atoms with Gasteiger partial charge in [-0.3, -0.25) is 4.79 Å². The van der Waals surface area contributed by atoms with Crippen LogP contribution in [0.3, 0.4) is 0 Å². The zero-order valence-corrected chi connectivity index (χ0v) is 9.94. The molecular weight excluding hydrogens is 244 g/mol. The molecule has 0 aliphatic rings. The molecule has 1 aromatic heterocycles. The van der Waals surface area contributed by atoms with Crippen molar-refractivity contribution in [3.05, 3.63) is 18.5 Å². The highest BCUT2D eigenvalue weighted by molar-refractivity contribution is 7.89. The van der Waals surface area contributed by atoms with Crippen molar-refractivity contribution < 1.29 is 18.3 Å². The molecule has 2 N–H and O–H groups in total. The molecule has 0 radical (unpaired) electrons. The first kappa shape index (κ1) is 13.3. The number of hydrogen-bond donors (Lipinski definition) is 2. The highest BCUT2D eigenvalue weighted by Crippen LogP contribution is 2.09. The Bertz CT molecular complexity index is 553. The summed E-state index contributed by atoms with van der Waals surface area (Å²) in [4.78, 5) is 10.8. The summed E-state index contributed by atoms with van der Waals surface area (Å²) in [6.07, 6.45) is 7.69. The van der Waals surface area contributed by atoms with E-state index in [1.807, 2.05) is 4.72 Å². The SMILES string of the molecule is C#CCC(NS(=O)(=O)c1ccn(C)c1)C(=O)O. The average molecular weight is 256 g/mol. The number of sulfonamides is 1. The van der Waals surface area contributed by atoms with Gasteiger partial charge in [0.1, 0.15) is 6.04 Å². The van der Waals surface area contributed by atoms with Gasteiger partial charge in [-0.05, 0) is 6.07 Å². The number of terminal acetylenes is 1. The molecule has 1 unspecified atom stereocenters. The first-order valence-electron chi connectivity index (χ1n) is 4.67. The second-order valence-corrected chi connectivity index (χ2v) is 5.15. The Morgan fingerprint density at radius 1 is 1.71 bits per heavy atom. The van der Waals surface area contributed by atoms with Gasteiger partial charge in [0.2, 0.25) is 10.0 Å². The molecule has 0 bridgehead atoms. The van der Waals surface area contributed by atoms with E-state index in [1.165, 1.54) is 12.3 Å². The summed E-state index contributed by atoms with van der Waals surface area (Å²) in [7, 11) is -2.19. The van der Waals surface area contributed by atoms with E-state index < -0.39 is 22.0 Å². The van der Waals surface area contributed by atoms with Crippen molar-refractivity contribution in [2.75, 3.05) is 0 Å². The zero-order valence-electron chi connectivity index (χ0n) is 9.12. The van der Waals surface area contributed by atoms with Gasteiger partial charge in [-0.15, -0.1) is 12.3 Å². The summed E-state index contributed by atoms with van der Waals surface area (Å²) in [5.41, 5.74) is 0. The highest BCUT2D eigenvalue weighted by Gasteiger charge is 2.24. The molecule has 0 aliphatic carbocycles. The van der Waals surface area contributed by atoms with Crippen molar-refractivity contribution in [1.82, 2.24) is 9.29 Å². The number of carboxylic acids is 1. The second kappa shape index (κ2) is 5.03. The van der Waals surface area contributed by atoms with E-state index in [1.54, 1.807) is 17.8 Å². The molecule has 0 aliphatic heterocycles. The van der Waals surface area contributed by atoms with Crippen LogP contribution in [0.25, 0.3) is 0 Å². The van der Waals surface area contributed by atoms with Crippen LogP contribution in [-0.4, -0.2) is 30.1 Å². The largest absolute Gasteiger partial charge is 0.480 e. The Kier molecular flexibility index (Phi) is 3.93. The lowest BCUT2D eigenvalue weighted by atomic mass is 10.2. The zero-order chi connectivity index (χ0) is 13.1. The van der Waals surface area contributed by atoms with Crippen molar-refractivity contribution in [2.45, 2.75) is 17.4 Å². The van der Waals surface area contributed by atoms with E-state index in [0.717, 1.165) is 0 Å². The van der Waals surface area contributed by atoms with Gasteiger partial charge in [0.25, 0.3) is 0 Å². The van der Waals surface area contributed by atoms with Crippen LogP contribution in [0.2, 0.25) is 0 Å². The van der Waals surface area contributed by atoms with Crippen molar-refractivity contribution >= 4 is 16.0 Å². The van der Waals surface area contributed by atoms with Gasteiger partial charge >= 0.3 is 5.97 Å². The number of carbonyl (C=O) groups is 1. The molecule has 92 valence electrons. The Morgan fingerprint density at radius 3 is 2.76 bits per heavy atom. The maximum Gasteiger partial charge on any atom is 0.322 e. The lowest BCUT2D eigenvalue weighted by Crippen LogP contribution is -2.40. The van der Waals surface area contributed by atoms with Crippen molar-refractivity contribution in [1.29, 1.82) is 0 Å². The molecule has 0 aromatic carbocycles. The number of nitrogens with zero attached hydrogens (tertiary/aromatic N) is 1. The predicted octanol–water partition coefficient (Wildman–Crippen LogP) is -0.220. The molecule has 1 aromatic rings. The molecule has 7 heteroatoms. The van der Waals surface area contributed by atoms with Crippen LogP contribution in [0.4, 0.5) is 0 Å². The van der Waals surface area contributed by atoms with Gasteiger partial charge in [0.05, 0.1) is 4.90 Å². The molecule has 17 heavy (non-hydrogen) atoms. The molecule has 0 amide bonds. The van der Waals surface area contributed by atoms with Crippen LogP contribution in [0.15, 0.2) is 23.4 Å². The summed E-state index contributed by atoms with van der Waals surface area (Å²) in [6, 6.07) is 0.0575. The Balaban J connectivity index is 2.93. The van der Waals surface area contributed by atoms with E-state index in [9.17, 15) is 13.2 Å². The second-order valence-electron chi connectivity index (χ2n) is 3.43. The average Bonchev–Trinajstić information content (AvgIpc) is 2.64. The third kappa shape index (κ3) is 3.34. The fourth-order valence-electron chi connectivity index (χ4n) is 1.19. The van der Waals surface area contributed by atoms with Gasteiger partial charge in [-0.2, -0.15) is 4.72 Å². The Morgan fingerprint density at radius 2 is 2.35 bits per heavy atom. The first-order valence-corrected chi connectivity index (χ1v) is 6.15. The molecule has 0 saturated carbocycles. The lowest BCUT2D eigenvalue weighted by Gasteiger charge is -2.11. The predicted molar refractivity (Wildman–Crippen MR) is 60.6 cm³/mol. The van der Waals surface area contributed by atoms with E-state index in [0.29, 0.717) is 0 Å². The fraction of sp³-hybridized carbons (Fsp3) is 0.300. The molecule has 1 rings (SSSR count). The molecule has 1 heterocycles. The number of aromatic nitrogens is 1. The number of rotatable bonds is 5. The fourth-order valence-corrected chi connectivity index (χ4v) is 2.43. The van der Waals surface area contributed by atoms with Crippen LogP contribution < -0.4 is 4.72 Å². The van der Waals surface area contributed by atoms with Gasteiger partial charge in [0.15, 0.2) is 0 Å². The summed E-state index contributed by atoms with van der Waals surface area (Å²) < 4.78 is 27.1. The smallest absolute Gasteiger partial charge is 0.322 e. The minimum absolute atomic E-state index is 0.00303. The third-order valence-corrected chi connectivity index (χ3v) is 3.49. The molecular formula is C10H12N2O4S. The van der Waals surface area contributed by atoms with Gasteiger partial charge < -0.3 is 9.67 Å². The lowest BCUT2D eigenvalue weighted by molar-refractivity contribution is -0.138. The molecule has 0 spiro atoms. The molecule has 0 fully saturated rings. The van der Waals surface area contributed by atoms with E-state index >= 15 is 0 Å². The van der Waals surface area contributed by atoms with Crippen LogP contribution in [0, 0.1) is 12.3 Å². The number of hydrogen-bond acceptors (Lipinski definition) is 3. The van der Waals surface area contributed by atoms with Crippen LogP contribution in [-0.2, 0) is 21.9 Å². The van der Waals surface area contributed by atoms with Gasteiger partial charge in [-0.1, -0.05) is 0 Å². The van der Waals surface area contributed by atoms with Crippen molar-refractivity contribution in [3.8, 4) is 12.3 Å². The maximum atomic E-state index is 11.8. The monoisotopic (exact) mass is 256 g/mol. The Hall–Kier alpha value is -1.78. The summed E-state index contributed by atoms with van der Waals surface area (Å²) >= 11 is 0. The molecule has 0 saturated heterocycles. The quantitative estimate of drug-likeness (QED) is 0.713. The van der Waals surface area contributed by atoms with Gasteiger partial charge in [-0.25, -0.2) is 8.42 Å². The minimum Gasteiger partial charge on any atom is -0.480 e. The van der Waals surface area contributed by atoms with Crippen LogP contribution >= 0.6 is 0 Å². The molecule has 6 nitrogen and oxygen atoms in total. The van der Waals surface area contributed by atoms with Crippen LogP contribution in [0.1, 0.15) is 6.42 Å². The Labute approximate surface area is 99.3 Å². The summed E-state index contributed by atoms with van der Waals surface area (Å²) in [5.74, 6) is 0.812. The van der Waals surface area contributed by atoms with Gasteiger partial charge in [0, 0.05) is 25.9 Å². The number of nitrogens with one attached hydrogen (secondary N) is 1. The number of carboxylic acid groups (broad SMARTS) is 1. The summed E-state index contributed by atoms with van der Waals surface area (Å²) in [6.45, 7) is 0. The summed E-state index contributed by atoms with van der Waals surface area (Å²) in [5, 5.41) is 8.79. The van der Waals surface area contributed by atoms with Crippen molar-refractivity contribution in [2.24, 2.45) is 7.05 Å². The van der Waals surface area contributed by atoms with Crippen molar-refractivity contribution in [3.63, 3.8) is 0 Å². The topological polar surface area (TPSA) is 88.4 Å². The maximum absolute atomic E-state index is 11.8. The van der Waals surface area contributed by atoms with Crippen LogP contribution in [0.5, 0.6) is 0 Å². The number of aryl methyl sites for hydroxylation is 1. The number of aliphatic carboxylic acids is 1. The third-order valence-electron chi connectivity index (χ3n) is 2.03. The highest BCUT2D eigenvalue weighted by atomic mass is 32.2. The minimum atomic E-state index is -3.85. The van der Waals surface area contributed by atoms with E-state index in [4.69, 9.17) is 11.5 Å². The standard InChI is InChI=1S/C10H12N2O4S/c1-3-4-9(10(13)14)11-17(15,16)8-5-6-12(2)7-8/h1,5-7,9,11H,4H2,2H3,(H,13,14).